The van der Waals surface area contributed by atoms with Crippen LogP contribution < -0.4 is 19.6 Å². The highest BCUT2D eigenvalue weighted by Gasteiger charge is 2.22. The Morgan fingerprint density at radius 3 is 2.68 bits per heavy atom. The second kappa shape index (κ2) is 11.8. The van der Waals surface area contributed by atoms with Crippen LogP contribution in [0, 0.1) is 10.1 Å². The number of halogens is 1. The van der Waals surface area contributed by atoms with Crippen LogP contribution in [0.3, 0.4) is 0 Å². The molecular weight excluding hydrogens is 426 g/mol. The first-order valence-electron chi connectivity index (χ1n) is 9.61. The lowest BCUT2D eigenvalue weighted by Gasteiger charge is -2.12. The van der Waals surface area contributed by atoms with Gasteiger partial charge in [0.1, 0.15) is 5.75 Å². The Balaban J connectivity index is 2.17. The van der Waals surface area contributed by atoms with E-state index >= 15 is 0 Å². The summed E-state index contributed by atoms with van der Waals surface area (Å²) < 4.78 is 16.2. The Kier molecular flexibility index (Phi) is 9.08. The summed E-state index contributed by atoms with van der Waals surface area (Å²) in [6, 6.07) is 7.87. The van der Waals surface area contributed by atoms with E-state index in [1.807, 2.05) is 6.92 Å². The molecule has 0 bridgehead atoms. The fraction of sp³-hybridized carbons (Fsp3) is 0.333. The molecule has 0 heterocycles. The van der Waals surface area contributed by atoms with Gasteiger partial charge in [0.2, 0.25) is 11.7 Å². The molecule has 0 atom stereocenters. The van der Waals surface area contributed by atoms with Crippen LogP contribution in [0.1, 0.15) is 31.4 Å². The minimum atomic E-state index is -0.547. The van der Waals surface area contributed by atoms with Crippen LogP contribution in [0.15, 0.2) is 35.4 Å². The van der Waals surface area contributed by atoms with Gasteiger partial charge in [-0.05, 0) is 43.2 Å². The van der Waals surface area contributed by atoms with Gasteiger partial charge >= 0.3 is 5.69 Å². The summed E-state index contributed by atoms with van der Waals surface area (Å²) in [5.41, 5.74) is 3.10. The van der Waals surface area contributed by atoms with Gasteiger partial charge < -0.3 is 14.2 Å². The molecule has 0 saturated carbocycles. The average molecular weight is 450 g/mol. The molecule has 0 saturated heterocycles. The Hall–Kier alpha value is -3.33. The molecule has 0 aliphatic heterocycles. The molecule has 0 fully saturated rings. The third-order valence-corrected chi connectivity index (χ3v) is 4.38. The first kappa shape index (κ1) is 23.9. The molecular formula is C21H24ClN3O6. The standard InChI is InChI=1S/C21H24ClN3O6/c1-4-8-31-21-18(25(27)28)9-14(10-19(21)30-5-2)13-23-24-20(26)12-15-11-16(29-3)6-7-17(15)22/h6-7,9-11,13H,4-5,8,12H2,1-3H3,(H,24,26)/b23-13+. The fourth-order valence-corrected chi connectivity index (χ4v) is 2.82. The van der Waals surface area contributed by atoms with E-state index in [0.717, 1.165) is 0 Å². The molecule has 1 amide bonds. The fourth-order valence-electron chi connectivity index (χ4n) is 2.64. The van der Waals surface area contributed by atoms with Crippen LogP contribution in [-0.2, 0) is 11.2 Å². The van der Waals surface area contributed by atoms with Crippen molar-refractivity contribution in [2.24, 2.45) is 5.10 Å². The average Bonchev–Trinajstić information content (AvgIpc) is 2.74. The third-order valence-electron chi connectivity index (χ3n) is 4.01. The monoisotopic (exact) mass is 449 g/mol. The number of nitro benzene ring substituents is 1. The van der Waals surface area contributed by atoms with Crippen molar-refractivity contribution in [2.75, 3.05) is 20.3 Å². The van der Waals surface area contributed by atoms with Crippen LogP contribution in [0.5, 0.6) is 17.2 Å². The maximum Gasteiger partial charge on any atom is 0.315 e. The summed E-state index contributed by atoms with van der Waals surface area (Å²) in [7, 11) is 1.52. The predicted octanol–water partition coefficient (Wildman–Crippen LogP) is 4.14. The van der Waals surface area contributed by atoms with Gasteiger partial charge in [0.25, 0.3) is 0 Å². The van der Waals surface area contributed by atoms with Crippen LogP contribution in [-0.4, -0.2) is 37.4 Å². The molecule has 31 heavy (non-hydrogen) atoms. The first-order valence-corrected chi connectivity index (χ1v) is 9.99. The highest BCUT2D eigenvalue weighted by atomic mass is 35.5. The SMILES string of the molecule is CCCOc1c(OCC)cc(/C=N/NC(=O)Cc2cc(OC)ccc2Cl)cc1[N+](=O)[O-]. The smallest absolute Gasteiger partial charge is 0.315 e. The van der Waals surface area contributed by atoms with Crippen molar-refractivity contribution in [1.29, 1.82) is 0 Å². The Morgan fingerprint density at radius 2 is 2.03 bits per heavy atom. The lowest BCUT2D eigenvalue weighted by atomic mass is 10.1. The molecule has 2 rings (SSSR count). The maximum absolute atomic E-state index is 12.2. The van der Waals surface area contributed by atoms with Gasteiger partial charge in [-0.2, -0.15) is 5.10 Å². The molecule has 166 valence electrons. The van der Waals surface area contributed by atoms with Gasteiger partial charge in [-0.25, -0.2) is 5.43 Å². The lowest BCUT2D eigenvalue weighted by Crippen LogP contribution is -2.20. The number of carbonyl (C=O) groups is 1. The quantitative estimate of drug-likeness (QED) is 0.313. The molecule has 0 aliphatic rings. The highest BCUT2D eigenvalue weighted by molar-refractivity contribution is 6.31. The van der Waals surface area contributed by atoms with E-state index in [0.29, 0.717) is 41.5 Å². The van der Waals surface area contributed by atoms with Gasteiger partial charge in [-0.1, -0.05) is 18.5 Å². The second-order valence-electron chi connectivity index (χ2n) is 6.33. The number of hydrazone groups is 1. The molecule has 2 aromatic rings. The number of amides is 1. The topological polar surface area (TPSA) is 112 Å². The molecule has 0 unspecified atom stereocenters. The molecule has 0 spiro atoms. The molecule has 10 heteroatoms. The molecule has 0 aliphatic carbocycles. The minimum Gasteiger partial charge on any atom is -0.497 e. The zero-order chi connectivity index (χ0) is 22.8. The van der Waals surface area contributed by atoms with Crippen molar-refractivity contribution >= 4 is 29.4 Å². The number of nitrogens with zero attached hydrogens (tertiary/aromatic N) is 2. The third kappa shape index (κ3) is 6.85. The summed E-state index contributed by atoms with van der Waals surface area (Å²) in [5.74, 6) is 0.481. The van der Waals surface area contributed by atoms with Gasteiger partial charge in [-0.3, -0.25) is 14.9 Å². The van der Waals surface area contributed by atoms with Crippen LogP contribution >= 0.6 is 11.6 Å². The Bertz CT molecular complexity index is 964. The predicted molar refractivity (Wildman–Crippen MR) is 117 cm³/mol. The van der Waals surface area contributed by atoms with E-state index < -0.39 is 10.8 Å². The van der Waals surface area contributed by atoms with Gasteiger partial charge in [0.15, 0.2) is 5.75 Å². The zero-order valence-electron chi connectivity index (χ0n) is 17.5. The first-order chi connectivity index (χ1) is 14.9. The number of carbonyl (C=O) groups excluding carboxylic acids is 1. The Labute approximate surface area is 185 Å². The number of hydrogen-bond donors (Lipinski definition) is 1. The summed E-state index contributed by atoms with van der Waals surface area (Å²) in [6.45, 7) is 4.28. The molecule has 1 N–H and O–H groups in total. The molecule has 0 radical (unpaired) electrons. The molecule has 9 nitrogen and oxygen atoms in total. The van der Waals surface area contributed by atoms with Crippen molar-refractivity contribution in [3.8, 4) is 17.2 Å². The van der Waals surface area contributed by atoms with Crippen molar-refractivity contribution in [2.45, 2.75) is 26.7 Å². The number of rotatable bonds is 11. The van der Waals surface area contributed by atoms with Crippen molar-refractivity contribution < 1.29 is 23.9 Å². The van der Waals surface area contributed by atoms with Crippen LogP contribution in [0.2, 0.25) is 5.02 Å². The van der Waals surface area contributed by atoms with Gasteiger partial charge in [-0.15, -0.1) is 0 Å². The maximum atomic E-state index is 12.2. The van der Waals surface area contributed by atoms with Crippen LogP contribution in [0.4, 0.5) is 5.69 Å². The van der Waals surface area contributed by atoms with Crippen molar-refractivity contribution in [3.63, 3.8) is 0 Å². The number of hydrogen-bond acceptors (Lipinski definition) is 7. The summed E-state index contributed by atoms with van der Waals surface area (Å²) in [6.07, 6.45) is 1.97. The number of nitro groups is 1. The van der Waals surface area contributed by atoms with Crippen molar-refractivity contribution in [1.82, 2.24) is 5.43 Å². The van der Waals surface area contributed by atoms with Gasteiger partial charge in [0, 0.05) is 16.7 Å². The van der Waals surface area contributed by atoms with Crippen molar-refractivity contribution in [3.05, 3.63) is 56.6 Å². The normalized spacial score (nSPS) is 10.7. The number of benzene rings is 2. The zero-order valence-corrected chi connectivity index (χ0v) is 18.3. The summed E-state index contributed by atoms with van der Waals surface area (Å²) in [4.78, 5) is 23.1. The second-order valence-corrected chi connectivity index (χ2v) is 6.74. The minimum absolute atomic E-state index is 0.0124. The Morgan fingerprint density at radius 1 is 1.26 bits per heavy atom. The van der Waals surface area contributed by atoms with E-state index in [-0.39, 0.29) is 23.6 Å². The summed E-state index contributed by atoms with van der Waals surface area (Å²) in [5, 5.41) is 15.8. The van der Waals surface area contributed by atoms with E-state index in [2.05, 4.69) is 10.5 Å². The van der Waals surface area contributed by atoms with E-state index in [1.165, 1.54) is 19.4 Å². The lowest BCUT2D eigenvalue weighted by molar-refractivity contribution is -0.386. The van der Waals surface area contributed by atoms with E-state index in [4.69, 9.17) is 25.8 Å². The largest absolute Gasteiger partial charge is 0.497 e. The van der Waals surface area contributed by atoms with Gasteiger partial charge in [0.05, 0.1) is 37.9 Å². The highest BCUT2D eigenvalue weighted by Crippen LogP contribution is 2.38. The number of nitrogens with one attached hydrogen (secondary N) is 1. The molecule has 2 aromatic carbocycles. The van der Waals surface area contributed by atoms with E-state index in [9.17, 15) is 14.9 Å². The summed E-state index contributed by atoms with van der Waals surface area (Å²) >= 11 is 6.11. The van der Waals surface area contributed by atoms with E-state index in [1.54, 1.807) is 31.2 Å². The number of methoxy groups -OCH3 is 1. The molecule has 0 aromatic heterocycles. The number of ether oxygens (including phenoxy) is 3. The van der Waals surface area contributed by atoms with Crippen LogP contribution in [0.25, 0.3) is 0 Å².